The summed E-state index contributed by atoms with van der Waals surface area (Å²) in [6.45, 7) is 3.92. The van der Waals surface area contributed by atoms with Crippen molar-refractivity contribution < 1.29 is 23.9 Å². The molecule has 1 atom stereocenters. The number of anilines is 1. The summed E-state index contributed by atoms with van der Waals surface area (Å²) < 4.78 is 4.99. The lowest BCUT2D eigenvalue weighted by atomic mass is 9.95. The average Bonchev–Trinajstić information content (AvgIpc) is 3.14. The summed E-state index contributed by atoms with van der Waals surface area (Å²) >= 11 is 0. The molecule has 2 saturated heterocycles. The molecule has 1 N–H and O–H groups in total. The minimum atomic E-state index is -0.849. The zero-order chi connectivity index (χ0) is 23.6. The van der Waals surface area contributed by atoms with E-state index in [9.17, 15) is 19.2 Å². The highest BCUT2D eigenvalue weighted by Gasteiger charge is 2.53. The molecule has 9 nitrogen and oxygen atoms in total. The lowest BCUT2D eigenvalue weighted by molar-refractivity contribution is -0.137. The summed E-state index contributed by atoms with van der Waals surface area (Å²) in [5.74, 6) is -0.499. The van der Waals surface area contributed by atoms with Crippen molar-refractivity contribution in [3.8, 4) is 0 Å². The zero-order valence-electron chi connectivity index (χ0n) is 19.3. The third kappa shape index (κ3) is 4.34. The van der Waals surface area contributed by atoms with Crippen molar-refractivity contribution in [2.24, 2.45) is 5.92 Å². The van der Waals surface area contributed by atoms with Crippen LogP contribution in [0, 0.1) is 5.92 Å². The summed E-state index contributed by atoms with van der Waals surface area (Å²) in [6, 6.07) is 7.08. The highest BCUT2D eigenvalue weighted by molar-refractivity contribution is 6.11. The minimum absolute atomic E-state index is 0.0219. The number of fused-ring (bicyclic) bond motifs is 3. The first kappa shape index (κ1) is 23.2. The summed E-state index contributed by atoms with van der Waals surface area (Å²) in [6.07, 6.45) is 2.80. The summed E-state index contributed by atoms with van der Waals surface area (Å²) in [5, 5.41) is 2.93. The molecule has 0 spiro atoms. The van der Waals surface area contributed by atoms with Gasteiger partial charge in [0, 0.05) is 45.7 Å². The molecule has 3 heterocycles. The van der Waals surface area contributed by atoms with Crippen molar-refractivity contribution in [1.82, 2.24) is 15.1 Å². The molecule has 0 radical (unpaired) electrons. The molecule has 1 unspecified atom stereocenters. The Hall–Kier alpha value is -2.94. The highest BCUT2D eigenvalue weighted by Crippen LogP contribution is 2.43. The Morgan fingerprint density at radius 2 is 1.91 bits per heavy atom. The van der Waals surface area contributed by atoms with Gasteiger partial charge >= 0.3 is 0 Å². The SMILES string of the molecule is COCCCNC(=O)C1CCN(C(=O)CN2C(=O)c3ccccc3N3C(=O)CCC23C)CC1. The quantitative estimate of drug-likeness (QED) is 0.625. The van der Waals surface area contributed by atoms with Gasteiger partial charge in [-0.25, -0.2) is 0 Å². The van der Waals surface area contributed by atoms with Crippen molar-refractivity contribution in [2.75, 3.05) is 44.8 Å². The molecule has 9 heteroatoms. The predicted molar refractivity (Wildman–Crippen MR) is 121 cm³/mol. The number of likely N-dealkylation sites (tertiary alicyclic amines) is 1. The summed E-state index contributed by atoms with van der Waals surface area (Å²) in [4.78, 5) is 56.5. The molecule has 0 aliphatic carbocycles. The smallest absolute Gasteiger partial charge is 0.258 e. The number of carbonyl (C=O) groups is 4. The number of carbonyl (C=O) groups excluding carboxylic acids is 4. The number of hydrogen-bond donors (Lipinski definition) is 1. The lowest BCUT2D eigenvalue weighted by Crippen LogP contribution is -2.64. The Balaban J connectivity index is 1.39. The number of nitrogens with zero attached hydrogens (tertiary/aromatic N) is 3. The van der Waals surface area contributed by atoms with E-state index in [4.69, 9.17) is 4.74 Å². The number of hydrogen-bond acceptors (Lipinski definition) is 5. The molecule has 0 bridgehead atoms. The maximum Gasteiger partial charge on any atom is 0.258 e. The number of piperidine rings is 1. The normalized spacial score (nSPS) is 22.9. The molecule has 0 aromatic heterocycles. The second-order valence-electron chi connectivity index (χ2n) is 9.15. The number of rotatable bonds is 7. The van der Waals surface area contributed by atoms with E-state index in [0.717, 1.165) is 6.42 Å². The molecule has 2 fully saturated rings. The van der Waals surface area contributed by atoms with E-state index in [1.165, 1.54) is 0 Å². The molecule has 178 valence electrons. The number of para-hydroxylation sites is 1. The van der Waals surface area contributed by atoms with E-state index in [0.29, 0.717) is 63.2 Å². The van der Waals surface area contributed by atoms with Gasteiger partial charge in [-0.05, 0) is 44.7 Å². The van der Waals surface area contributed by atoms with Crippen LogP contribution in [-0.2, 0) is 19.1 Å². The van der Waals surface area contributed by atoms with E-state index >= 15 is 0 Å². The summed E-state index contributed by atoms with van der Waals surface area (Å²) in [7, 11) is 1.63. The number of amides is 4. The van der Waals surface area contributed by atoms with Gasteiger partial charge in [0.05, 0.1) is 11.3 Å². The molecule has 3 aliphatic rings. The molecule has 1 aromatic rings. The first-order valence-electron chi connectivity index (χ1n) is 11.7. The maximum absolute atomic E-state index is 13.3. The molecule has 4 rings (SSSR count). The van der Waals surface area contributed by atoms with Crippen LogP contribution in [-0.4, -0.2) is 79.0 Å². The maximum atomic E-state index is 13.3. The molecule has 33 heavy (non-hydrogen) atoms. The Morgan fingerprint density at radius 3 is 2.64 bits per heavy atom. The van der Waals surface area contributed by atoms with Crippen molar-refractivity contribution >= 4 is 29.3 Å². The fourth-order valence-electron chi connectivity index (χ4n) is 5.14. The van der Waals surface area contributed by atoms with E-state index in [-0.39, 0.29) is 36.1 Å². The Labute approximate surface area is 194 Å². The molecule has 1 aromatic carbocycles. The fraction of sp³-hybridized carbons (Fsp3) is 0.583. The van der Waals surface area contributed by atoms with Gasteiger partial charge < -0.3 is 19.9 Å². The monoisotopic (exact) mass is 456 g/mol. The van der Waals surface area contributed by atoms with Crippen LogP contribution in [0.25, 0.3) is 0 Å². The molecule has 0 saturated carbocycles. The van der Waals surface area contributed by atoms with Crippen LogP contribution in [0.1, 0.15) is 49.4 Å². The van der Waals surface area contributed by atoms with E-state index in [2.05, 4.69) is 5.32 Å². The van der Waals surface area contributed by atoms with Gasteiger partial charge in [0.25, 0.3) is 5.91 Å². The molecular formula is C24H32N4O5. The number of methoxy groups -OCH3 is 1. The minimum Gasteiger partial charge on any atom is -0.385 e. The van der Waals surface area contributed by atoms with Gasteiger partial charge in [-0.2, -0.15) is 0 Å². The Morgan fingerprint density at radius 1 is 1.18 bits per heavy atom. The molecule has 4 amide bonds. The van der Waals surface area contributed by atoms with Crippen molar-refractivity contribution in [3.05, 3.63) is 29.8 Å². The van der Waals surface area contributed by atoms with E-state index < -0.39 is 5.66 Å². The van der Waals surface area contributed by atoms with Crippen LogP contribution >= 0.6 is 0 Å². The van der Waals surface area contributed by atoms with Crippen LogP contribution in [0.3, 0.4) is 0 Å². The number of benzene rings is 1. The topological polar surface area (TPSA) is 99.3 Å². The van der Waals surface area contributed by atoms with E-state index in [1.807, 2.05) is 13.0 Å². The van der Waals surface area contributed by atoms with Crippen LogP contribution in [0.4, 0.5) is 5.69 Å². The van der Waals surface area contributed by atoms with Crippen molar-refractivity contribution in [3.63, 3.8) is 0 Å². The highest BCUT2D eigenvalue weighted by atomic mass is 16.5. The number of ether oxygens (including phenoxy) is 1. The fourth-order valence-corrected chi connectivity index (χ4v) is 5.14. The zero-order valence-corrected chi connectivity index (χ0v) is 19.3. The van der Waals surface area contributed by atoms with Gasteiger partial charge in [0.1, 0.15) is 12.2 Å². The van der Waals surface area contributed by atoms with Gasteiger partial charge in [-0.3, -0.25) is 24.1 Å². The third-order valence-electron chi connectivity index (χ3n) is 7.08. The van der Waals surface area contributed by atoms with Crippen LogP contribution in [0.5, 0.6) is 0 Å². The Kier molecular flexibility index (Phi) is 6.69. The average molecular weight is 457 g/mol. The van der Waals surface area contributed by atoms with Crippen LogP contribution in [0.15, 0.2) is 24.3 Å². The van der Waals surface area contributed by atoms with Gasteiger partial charge in [-0.15, -0.1) is 0 Å². The number of nitrogens with one attached hydrogen (secondary N) is 1. The lowest BCUT2D eigenvalue weighted by Gasteiger charge is -2.48. The molecule has 3 aliphatic heterocycles. The largest absolute Gasteiger partial charge is 0.385 e. The second-order valence-corrected chi connectivity index (χ2v) is 9.15. The first-order valence-corrected chi connectivity index (χ1v) is 11.7. The third-order valence-corrected chi connectivity index (χ3v) is 7.08. The standard InChI is InChI=1S/C24H32N4O5/c1-24-11-8-20(29)28(24)19-7-4-3-6-18(19)23(32)27(24)16-21(30)26-13-9-17(10-14-26)22(31)25-12-5-15-33-2/h3-4,6-7,17H,5,8-16H2,1-2H3,(H,25,31). The molecular weight excluding hydrogens is 424 g/mol. The van der Waals surface area contributed by atoms with Crippen molar-refractivity contribution in [2.45, 2.75) is 44.7 Å². The van der Waals surface area contributed by atoms with Gasteiger partial charge in [-0.1, -0.05) is 12.1 Å². The van der Waals surface area contributed by atoms with Crippen LogP contribution < -0.4 is 10.2 Å². The summed E-state index contributed by atoms with van der Waals surface area (Å²) in [5.41, 5.74) is 0.217. The predicted octanol–water partition coefficient (Wildman–Crippen LogP) is 1.38. The van der Waals surface area contributed by atoms with E-state index in [1.54, 1.807) is 40.0 Å². The first-order chi connectivity index (χ1) is 15.9. The van der Waals surface area contributed by atoms with Crippen LogP contribution in [0.2, 0.25) is 0 Å². The van der Waals surface area contributed by atoms with Gasteiger partial charge in [0.2, 0.25) is 17.7 Å². The Bertz CT molecular complexity index is 943. The van der Waals surface area contributed by atoms with Gasteiger partial charge in [0.15, 0.2) is 0 Å². The van der Waals surface area contributed by atoms with Crippen molar-refractivity contribution in [1.29, 1.82) is 0 Å². The second kappa shape index (κ2) is 9.51.